The summed E-state index contributed by atoms with van der Waals surface area (Å²) in [6.45, 7) is 2.82. The van der Waals surface area contributed by atoms with Crippen molar-refractivity contribution >= 4 is 5.91 Å². The summed E-state index contributed by atoms with van der Waals surface area (Å²) in [5, 5.41) is 6.80. The van der Waals surface area contributed by atoms with Gasteiger partial charge in [-0.2, -0.15) is 5.10 Å². The molecule has 15 heavy (non-hydrogen) atoms. The maximum atomic E-state index is 11.7. The van der Waals surface area contributed by atoms with E-state index in [1.54, 1.807) is 6.20 Å². The minimum Gasteiger partial charge on any atom is -0.332 e. The number of aromatic nitrogens is 2. The van der Waals surface area contributed by atoms with E-state index in [1.807, 2.05) is 11.0 Å². The highest BCUT2D eigenvalue weighted by molar-refractivity contribution is 5.80. The summed E-state index contributed by atoms with van der Waals surface area (Å²) in [7, 11) is 0. The molecule has 1 amide bonds. The van der Waals surface area contributed by atoms with E-state index in [1.165, 1.54) is 0 Å². The highest BCUT2D eigenvalue weighted by atomic mass is 16.2. The van der Waals surface area contributed by atoms with Gasteiger partial charge < -0.3 is 10.6 Å². The van der Waals surface area contributed by atoms with Crippen LogP contribution in [-0.4, -0.2) is 33.6 Å². The normalized spacial score (nSPS) is 26.3. The average Bonchev–Trinajstić information content (AvgIpc) is 2.77. The standard InChI is InChI=1S/C10H16N4O/c1-2-5-14-9(15)6-7(11)10(14)8-3-4-12-13-8/h3-4,7,10H,2,5-6,11H2,1H3,(H,12,13)/t7-,10-/m0/s1. The molecular formula is C10H16N4O. The van der Waals surface area contributed by atoms with Gasteiger partial charge in [-0.25, -0.2) is 0 Å². The lowest BCUT2D eigenvalue weighted by atomic mass is 10.1. The molecule has 5 nitrogen and oxygen atoms in total. The number of carbonyl (C=O) groups is 1. The van der Waals surface area contributed by atoms with Crippen molar-refractivity contribution in [3.8, 4) is 0 Å². The molecule has 0 bridgehead atoms. The first kappa shape index (κ1) is 10.2. The third-order valence-corrected chi connectivity index (χ3v) is 2.78. The van der Waals surface area contributed by atoms with Crippen LogP contribution in [0.2, 0.25) is 0 Å². The lowest BCUT2D eigenvalue weighted by Crippen LogP contribution is -2.33. The summed E-state index contributed by atoms with van der Waals surface area (Å²) in [6.07, 6.45) is 3.07. The first-order valence-corrected chi connectivity index (χ1v) is 5.28. The Morgan fingerprint density at radius 2 is 2.53 bits per heavy atom. The molecule has 1 fully saturated rings. The molecule has 1 aromatic heterocycles. The van der Waals surface area contributed by atoms with Crippen LogP contribution in [0.3, 0.4) is 0 Å². The maximum absolute atomic E-state index is 11.7. The number of H-pyrrole nitrogens is 1. The molecule has 1 aliphatic heterocycles. The molecule has 5 heteroatoms. The van der Waals surface area contributed by atoms with Crippen molar-refractivity contribution in [1.82, 2.24) is 15.1 Å². The highest BCUT2D eigenvalue weighted by Crippen LogP contribution is 2.30. The summed E-state index contributed by atoms with van der Waals surface area (Å²) >= 11 is 0. The predicted molar refractivity (Wildman–Crippen MR) is 55.9 cm³/mol. The minimum absolute atomic E-state index is 0.0278. The molecule has 2 rings (SSSR count). The maximum Gasteiger partial charge on any atom is 0.224 e. The zero-order valence-electron chi connectivity index (χ0n) is 8.81. The summed E-state index contributed by atoms with van der Waals surface area (Å²) in [5.74, 6) is 0.143. The quantitative estimate of drug-likeness (QED) is 0.756. The van der Waals surface area contributed by atoms with E-state index in [0.717, 1.165) is 18.7 Å². The fourth-order valence-electron chi connectivity index (χ4n) is 2.15. The molecule has 0 unspecified atom stereocenters. The number of nitrogens with two attached hydrogens (primary N) is 1. The van der Waals surface area contributed by atoms with Crippen LogP contribution < -0.4 is 5.73 Å². The fourth-order valence-corrected chi connectivity index (χ4v) is 2.15. The van der Waals surface area contributed by atoms with E-state index in [-0.39, 0.29) is 18.0 Å². The number of nitrogens with one attached hydrogen (secondary N) is 1. The zero-order chi connectivity index (χ0) is 10.8. The number of likely N-dealkylation sites (tertiary alicyclic amines) is 1. The topological polar surface area (TPSA) is 75.0 Å². The monoisotopic (exact) mass is 208 g/mol. The minimum atomic E-state index is -0.121. The van der Waals surface area contributed by atoms with Gasteiger partial charge in [0.05, 0.1) is 11.7 Å². The van der Waals surface area contributed by atoms with E-state index in [9.17, 15) is 4.79 Å². The Labute approximate surface area is 88.6 Å². The Balaban J connectivity index is 2.23. The van der Waals surface area contributed by atoms with Crippen LogP contribution in [0.25, 0.3) is 0 Å². The molecule has 1 aromatic rings. The summed E-state index contributed by atoms with van der Waals surface area (Å²) in [5.41, 5.74) is 6.90. The second-order valence-corrected chi connectivity index (χ2v) is 3.91. The molecule has 3 N–H and O–H groups in total. The van der Waals surface area contributed by atoms with Crippen molar-refractivity contribution in [3.63, 3.8) is 0 Å². The Morgan fingerprint density at radius 1 is 1.73 bits per heavy atom. The average molecular weight is 208 g/mol. The van der Waals surface area contributed by atoms with Crippen LogP contribution in [0, 0.1) is 0 Å². The van der Waals surface area contributed by atoms with Crippen molar-refractivity contribution in [3.05, 3.63) is 18.0 Å². The van der Waals surface area contributed by atoms with Crippen LogP contribution in [-0.2, 0) is 4.79 Å². The molecule has 0 aromatic carbocycles. The summed E-state index contributed by atoms with van der Waals surface area (Å²) < 4.78 is 0. The number of rotatable bonds is 3. The first-order chi connectivity index (χ1) is 7.24. The van der Waals surface area contributed by atoms with Gasteiger partial charge in [0.1, 0.15) is 0 Å². The lowest BCUT2D eigenvalue weighted by Gasteiger charge is -2.25. The van der Waals surface area contributed by atoms with Gasteiger partial charge in [0.15, 0.2) is 0 Å². The Morgan fingerprint density at radius 3 is 3.13 bits per heavy atom. The van der Waals surface area contributed by atoms with Gasteiger partial charge in [0.25, 0.3) is 0 Å². The van der Waals surface area contributed by atoms with Crippen molar-refractivity contribution in [1.29, 1.82) is 0 Å². The third-order valence-electron chi connectivity index (χ3n) is 2.78. The Hall–Kier alpha value is -1.36. The lowest BCUT2D eigenvalue weighted by molar-refractivity contribution is -0.129. The predicted octanol–water partition coefficient (Wildman–Crippen LogP) is 0.420. The van der Waals surface area contributed by atoms with Gasteiger partial charge in [0.2, 0.25) is 5.91 Å². The van der Waals surface area contributed by atoms with Gasteiger partial charge in [-0.3, -0.25) is 9.89 Å². The number of nitrogens with zero attached hydrogens (tertiary/aromatic N) is 2. The molecule has 0 saturated carbocycles. The van der Waals surface area contributed by atoms with E-state index in [4.69, 9.17) is 5.73 Å². The van der Waals surface area contributed by atoms with Crippen LogP contribution in [0.15, 0.2) is 12.3 Å². The van der Waals surface area contributed by atoms with Crippen LogP contribution in [0.4, 0.5) is 0 Å². The smallest absolute Gasteiger partial charge is 0.224 e. The SMILES string of the molecule is CCCN1C(=O)C[C@H](N)[C@H]1c1ccn[nH]1. The highest BCUT2D eigenvalue weighted by Gasteiger charge is 2.38. The van der Waals surface area contributed by atoms with Crippen molar-refractivity contribution in [2.24, 2.45) is 5.73 Å². The Bertz CT molecular complexity index is 335. The number of hydrogen-bond acceptors (Lipinski definition) is 3. The van der Waals surface area contributed by atoms with Crippen molar-refractivity contribution in [2.45, 2.75) is 31.8 Å². The van der Waals surface area contributed by atoms with Crippen molar-refractivity contribution < 1.29 is 4.79 Å². The molecule has 1 saturated heterocycles. The van der Waals surface area contributed by atoms with Gasteiger partial charge in [-0.15, -0.1) is 0 Å². The van der Waals surface area contributed by atoms with Crippen LogP contribution in [0.1, 0.15) is 31.5 Å². The summed E-state index contributed by atoms with van der Waals surface area (Å²) in [4.78, 5) is 13.5. The molecule has 2 atom stereocenters. The number of aromatic amines is 1. The number of carbonyl (C=O) groups excluding carboxylic acids is 1. The fraction of sp³-hybridized carbons (Fsp3) is 0.600. The van der Waals surface area contributed by atoms with Gasteiger partial charge in [-0.1, -0.05) is 6.92 Å². The molecule has 0 spiro atoms. The second kappa shape index (κ2) is 4.02. The van der Waals surface area contributed by atoms with E-state index in [2.05, 4.69) is 17.1 Å². The Kier molecular flexibility index (Phi) is 2.73. The van der Waals surface area contributed by atoms with E-state index < -0.39 is 0 Å². The van der Waals surface area contributed by atoms with Crippen LogP contribution >= 0.6 is 0 Å². The van der Waals surface area contributed by atoms with E-state index >= 15 is 0 Å². The number of amides is 1. The second-order valence-electron chi connectivity index (χ2n) is 3.91. The van der Waals surface area contributed by atoms with Gasteiger partial charge in [-0.05, 0) is 12.5 Å². The van der Waals surface area contributed by atoms with Gasteiger partial charge >= 0.3 is 0 Å². The zero-order valence-corrected chi connectivity index (χ0v) is 8.81. The molecule has 0 radical (unpaired) electrons. The largest absolute Gasteiger partial charge is 0.332 e. The molecular weight excluding hydrogens is 192 g/mol. The van der Waals surface area contributed by atoms with Crippen molar-refractivity contribution in [2.75, 3.05) is 6.54 Å². The summed E-state index contributed by atoms with van der Waals surface area (Å²) in [6, 6.07) is 1.73. The molecule has 1 aliphatic rings. The molecule has 2 heterocycles. The van der Waals surface area contributed by atoms with Crippen LogP contribution in [0.5, 0.6) is 0 Å². The molecule has 0 aliphatic carbocycles. The third kappa shape index (κ3) is 1.74. The van der Waals surface area contributed by atoms with Gasteiger partial charge in [0, 0.05) is 25.2 Å². The first-order valence-electron chi connectivity index (χ1n) is 5.28. The van der Waals surface area contributed by atoms with E-state index in [0.29, 0.717) is 6.42 Å². The number of hydrogen-bond donors (Lipinski definition) is 2. The molecule has 82 valence electrons.